The lowest BCUT2D eigenvalue weighted by molar-refractivity contribution is -0.278. The first-order chi connectivity index (χ1) is 21.2. The molecule has 1 amide bonds. The van der Waals surface area contributed by atoms with Crippen molar-refractivity contribution in [1.29, 1.82) is 0 Å². The minimum atomic E-state index is -1.57. The van der Waals surface area contributed by atoms with Crippen molar-refractivity contribution in [2.45, 2.75) is 88.7 Å². The molecule has 2 fully saturated rings. The van der Waals surface area contributed by atoms with Gasteiger partial charge < -0.3 is 55.2 Å². The Labute approximate surface area is 256 Å². The molecule has 2 saturated heterocycles. The molecule has 14 nitrogen and oxygen atoms in total. The fourth-order valence-electron chi connectivity index (χ4n) is 5.15. The molecule has 44 heavy (non-hydrogen) atoms. The molecule has 2 aromatic rings. The molecule has 246 valence electrons. The van der Waals surface area contributed by atoms with E-state index < -0.39 is 37.3 Å². The fourth-order valence-corrected chi connectivity index (χ4v) is 5.15. The van der Waals surface area contributed by atoms with Crippen molar-refractivity contribution in [1.82, 2.24) is 15.5 Å². The van der Waals surface area contributed by atoms with Gasteiger partial charge in [0.2, 0.25) is 18.1 Å². The Morgan fingerprint density at radius 1 is 1.14 bits per heavy atom. The van der Waals surface area contributed by atoms with Crippen molar-refractivity contribution in [2.24, 2.45) is 5.73 Å². The average molecular weight is 623 g/mol. The largest absolute Gasteiger partial charge is 0.493 e. The highest BCUT2D eigenvalue weighted by molar-refractivity contribution is 5.73. The summed E-state index contributed by atoms with van der Waals surface area (Å²) in [6, 6.07) is 5.68. The van der Waals surface area contributed by atoms with E-state index in [1.54, 1.807) is 0 Å². The van der Waals surface area contributed by atoms with Gasteiger partial charge in [-0.05, 0) is 30.5 Å². The monoisotopic (exact) mass is 622 g/mol. The second-order valence-corrected chi connectivity index (χ2v) is 11.4. The van der Waals surface area contributed by atoms with Crippen LogP contribution < -0.4 is 25.3 Å². The molecule has 3 heterocycles. The highest BCUT2D eigenvalue weighted by Crippen LogP contribution is 2.35. The summed E-state index contributed by atoms with van der Waals surface area (Å²) in [5, 5.41) is 51.0. The zero-order valence-corrected chi connectivity index (χ0v) is 25.3. The quantitative estimate of drug-likeness (QED) is 0.124. The molecule has 0 saturated carbocycles. The molecule has 0 spiro atoms. The second-order valence-electron chi connectivity index (χ2n) is 11.4. The molecule has 5 atom stereocenters. The third kappa shape index (κ3) is 9.03. The summed E-state index contributed by atoms with van der Waals surface area (Å²) in [6.07, 6.45) is -4.23. The van der Waals surface area contributed by atoms with Crippen LogP contribution in [0, 0.1) is 0 Å². The van der Waals surface area contributed by atoms with Gasteiger partial charge in [0.15, 0.2) is 0 Å². The number of H-pyrrole nitrogens is 1. The van der Waals surface area contributed by atoms with Gasteiger partial charge in [0.1, 0.15) is 42.0 Å². The van der Waals surface area contributed by atoms with Crippen molar-refractivity contribution in [3.63, 3.8) is 0 Å². The minimum absolute atomic E-state index is 0.0223. The number of carbonyl (C=O) groups is 1. The molecule has 1 aromatic heterocycles. The van der Waals surface area contributed by atoms with Crippen LogP contribution in [0.5, 0.6) is 17.4 Å². The minimum Gasteiger partial charge on any atom is -0.493 e. The number of carbonyl (C=O) groups excluding carboxylic acids is 1. The predicted octanol–water partition coefficient (Wildman–Crippen LogP) is 0.0943. The summed E-state index contributed by atoms with van der Waals surface area (Å²) >= 11 is 0. The van der Waals surface area contributed by atoms with E-state index in [9.17, 15) is 25.2 Å². The number of hydrogen-bond donors (Lipinski definition) is 7. The summed E-state index contributed by atoms with van der Waals surface area (Å²) in [7, 11) is 0. The van der Waals surface area contributed by atoms with Gasteiger partial charge in [-0.2, -0.15) is 0 Å². The number of ether oxygens (including phenoxy) is 5. The number of aromatic amines is 1. The number of aliphatic hydroxyl groups excluding tert-OH is 4. The molecule has 0 radical (unpaired) electrons. The molecule has 2 aliphatic heterocycles. The molecule has 14 heteroatoms. The van der Waals surface area contributed by atoms with Gasteiger partial charge in [0, 0.05) is 49.6 Å². The van der Waals surface area contributed by atoms with Gasteiger partial charge in [0.05, 0.1) is 26.4 Å². The fraction of sp³-hybridized carbons (Fsp3) is 0.667. The van der Waals surface area contributed by atoms with Crippen LogP contribution in [-0.2, 0) is 20.7 Å². The first-order valence-corrected chi connectivity index (χ1v) is 15.2. The van der Waals surface area contributed by atoms with Gasteiger partial charge in [-0.1, -0.05) is 19.9 Å². The number of nitrogens with two attached hydrogens (primary N) is 1. The van der Waals surface area contributed by atoms with E-state index in [1.165, 1.54) is 0 Å². The maximum Gasteiger partial charge on any atom is 0.238 e. The Balaban J connectivity index is 1.52. The maximum atomic E-state index is 10.9. The topological polar surface area (TPSA) is 211 Å². The number of primary amides is 1. The van der Waals surface area contributed by atoms with Crippen molar-refractivity contribution in [3.8, 4) is 17.4 Å². The maximum absolute atomic E-state index is 10.9. The Morgan fingerprint density at radius 2 is 1.91 bits per heavy atom. The van der Waals surface area contributed by atoms with Crippen LogP contribution in [0.1, 0.15) is 62.3 Å². The van der Waals surface area contributed by atoms with E-state index in [2.05, 4.69) is 15.5 Å². The summed E-state index contributed by atoms with van der Waals surface area (Å²) in [5.41, 5.74) is 7.55. The molecule has 0 unspecified atom stereocenters. The summed E-state index contributed by atoms with van der Waals surface area (Å²) in [5.74, 6) is 1.18. The number of aromatic nitrogens is 2. The smallest absolute Gasteiger partial charge is 0.238 e. The van der Waals surface area contributed by atoms with Crippen LogP contribution in [0.3, 0.4) is 0 Å². The van der Waals surface area contributed by atoms with Crippen molar-refractivity contribution in [3.05, 3.63) is 35.0 Å². The first-order valence-electron chi connectivity index (χ1n) is 15.2. The van der Waals surface area contributed by atoms with Crippen molar-refractivity contribution < 1.29 is 48.9 Å². The standard InChI is InChI=1S/C30H46N4O10/c1-17(2)25-21(29(34-33-25)44-30-28(39)27(38)26(37)23(16-35)43-30)14-18-4-5-20(41-11-3-9-32-10-6-24(31)36)15-22(18)42-19-7-12-40-13-8-19/h4-5,15,17,19,23,26-28,30,32,35,37-39H,3,6-14,16H2,1-2H3,(H2,31,36)(H,33,34)/t23-,26-,27+,28-,30+/m1/s1. The number of rotatable bonds is 16. The molecular weight excluding hydrogens is 576 g/mol. The lowest BCUT2D eigenvalue weighted by Crippen LogP contribution is -2.60. The van der Waals surface area contributed by atoms with Crippen LogP contribution in [0.4, 0.5) is 0 Å². The number of nitrogens with zero attached hydrogens (tertiary/aromatic N) is 1. The van der Waals surface area contributed by atoms with E-state index in [1.807, 2.05) is 32.0 Å². The zero-order valence-electron chi connectivity index (χ0n) is 25.3. The normalized spacial score (nSPS) is 24.4. The van der Waals surface area contributed by atoms with Gasteiger partial charge in [0.25, 0.3) is 0 Å². The van der Waals surface area contributed by atoms with Crippen LogP contribution in [-0.4, -0.2) is 113 Å². The van der Waals surface area contributed by atoms with E-state index >= 15 is 0 Å². The number of aliphatic hydroxyl groups is 4. The average Bonchev–Trinajstić information content (AvgIpc) is 3.40. The first kappa shape index (κ1) is 33.9. The summed E-state index contributed by atoms with van der Waals surface area (Å²) in [6.45, 7) is 6.37. The molecule has 4 rings (SSSR count). The highest BCUT2D eigenvalue weighted by atomic mass is 16.7. The molecular formula is C30H46N4O10. The number of nitrogens with one attached hydrogen (secondary N) is 2. The molecule has 0 aliphatic carbocycles. The highest BCUT2D eigenvalue weighted by Gasteiger charge is 2.45. The van der Waals surface area contributed by atoms with E-state index in [0.29, 0.717) is 62.8 Å². The predicted molar refractivity (Wildman–Crippen MR) is 158 cm³/mol. The number of amides is 1. The Morgan fingerprint density at radius 3 is 2.61 bits per heavy atom. The third-order valence-electron chi connectivity index (χ3n) is 7.70. The number of hydrogen-bond acceptors (Lipinski definition) is 12. The van der Waals surface area contributed by atoms with Crippen LogP contribution in [0.25, 0.3) is 0 Å². The van der Waals surface area contributed by atoms with Gasteiger partial charge in [-0.15, -0.1) is 5.10 Å². The SMILES string of the molecule is CC(C)c1[nH]nc(O[C@@H]2O[C@H](CO)[C@@H](O)[C@H](O)[C@H]2O)c1Cc1ccc(OCCCNCCC(N)=O)cc1OC1CCOCC1. The Kier molecular flexibility index (Phi) is 12.6. The van der Waals surface area contributed by atoms with Gasteiger partial charge >= 0.3 is 0 Å². The molecule has 1 aromatic carbocycles. The Hall–Kier alpha value is -2.98. The van der Waals surface area contributed by atoms with Crippen LogP contribution in [0.2, 0.25) is 0 Å². The van der Waals surface area contributed by atoms with Crippen LogP contribution in [0.15, 0.2) is 18.2 Å². The lowest BCUT2D eigenvalue weighted by Gasteiger charge is -2.39. The zero-order chi connectivity index (χ0) is 31.6. The number of benzene rings is 1. The summed E-state index contributed by atoms with van der Waals surface area (Å²) < 4.78 is 29.5. The molecule has 2 aliphatic rings. The van der Waals surface area contributed by atoms with Crippen LogP contribution >= 0.6 is 0 Å². The van der Waals surface area contributed by atoms with Gasteiger partial charge in [-0.3, -0.25) is 9.89 Å². The second kappa shape index (κ2) is 16.4. The Bertz CT molecular complexity index is 1190. The van der Waals surface area contributed by atoms with Crippen molar-refractivity contribution in [2.75, 3.05) is 39.5 Å². The molecule has 8 N–H and O–H groups in total. The lowest BCUT2D eigenvalue weighted by atomic mass is 9.98. The summed E-state index contributed by atoms with van der Waals surface area (Å²) in [4.78, 5) is 10.9. The van der Waals surface area contributed by atoms with Gasteiger partial charge in [-0.25, -0.2) is 0 Å². The van der Waals surface area contributed by atoms with E-state index in [-0.39, 0.29) is 23.8 Å². The molecule has 0 bridgehead atoms. The third-order valence-corrected chi connectivity index (χ3v) is 7.70. The van der Waals surface area contributed by atoms with E-state index in [0.717, 1.165) is 30.5 Å². The van der Waals surface area contributed by atoms with Crippen molar-refractivity contribution >= 4 is 5.91 Å². The van der Waals surface area contributed by atoms with E-state index in [4.69, 9.17) is 29.4 Å².